The molecule has 2 fully saturated rings. The van der Waals surface area contributed by atoms with Gasteiger partial charge in [-0.25, -0.2) is 0 Å². The van der Waals surface area contributed by atoms with E-state index in [9.17, 15) is 0 Å². The van der Waals surface area contributed by atoms with Crippen LogP contribution in [0.1, 0.15) is 19.3 Å². The molecule has 2 saturated heterocycles. The first-order valence-electron chi connectivity index (χ1n) is 4.20. The van der Waals surface area contributed by atoms with Gasteiger partial charge in [0.2, 0.25) is 0 Å². The van der Waals surface area contributed by atoms with Crippen molar-refractivity contribution in [1.82, 2.24) is 4.90 Å². The predicted molar refractivity (Wildman–Crippen MR) is 44.0 cm³/mol. The Labute approximate surface area is 65.0 Å². The van der Waals surface area contributed by atoms with E-state index < -0.39 is 0 Å². The van der Waals surface area contributed by atoms with E-state index in [4.69, 9.17) is 4.74 Å². The van der Waals surface area contributed by atoms with Crippen LogP contribution in [0.4, 0.5) is 0 Å². The van der Waals surface area contributed by atoms with Gasteiger partial charge in [-0.3, -0.25) is 4.90 Å². The molecule has 0 amide bonds. The SMILES string of the molecule is [SiH3]C1(N2CC2)CCCCO1. The fourth-order valence-electron chi connectivity index (χ4n) is 1.69. The predicted octanol–water partition coefficient (Wildman–Crippen LogP) is -0.478. The Morgan fingerprint density at radius 1 is 1.30 bits per heavy atom. The third-order valence-corrected chi connectivity index (χ3v) is 3.99. The van der Waals surface area contributed by atoms with Crippen molar-refractivity contribution in [3.63, 3.8) is 0 Å². The van der Waals surface area contributed by atoms with E-state index in [0.29, 0.717) is 0 Å². The minimum Gasteiger partial charge on any atom is -0.365 e. The minimum atomic E-state index is 0.262. The third kappa shape index (κ3) is 1.13. The number of ether oxygens (including phenoxy) is 1. The molecule has 58 valence electrons. The van der Waals surface area contributed by atoms with Crippen molar-refractivity contribution in [1.29, 1.82) is 0 Å². The molecule has 2 heterocycles. The maximum atomic E-state index is 5.78. The maximum Gasteiger partial charge on any atom is 0.0971 e. The lowest BCUT2D eigenvalue weighted by Crippen LogP contribution is -2.44. The summed E-state index contributed by atoms with van der Waals surface area (Å²) in [6.07, 6.45) is 3.94. The van der Waals surface area contributed by atoms with Gasteiger partial charge >= 0.3 is 0 Å². The van der Waals surface area contributed by atoms with Crippen LogP contribution in [-0.4, -0.2) is 40.2 Å². The van der Waals surface area contributed by atoms with Crippen molar-refractivity contribution in [2.75, 3.05) is 19.7 Å². The molecule has 10 heavy (non-hydrogen) atoms. The van der Waals surface area contributed by atoms with Gasteiger partial charge in [0.25, 0.3) is 0 Å². The monoisotopic (exact) mass is 157 g/mol. The lowest BCUT2D eigenvalue weighted by molar-refractivity contribution is -0.0774. The molecule has 1 atom stereocenters. The summed E-state index contributed by atoms with van der Waals surface area (Å²) in [7, 11) is 1.18. The van der Waals surface area contributed by atoms with Crippen LogP contribution in [0.2, 0.25) is 0 Å². The molecule has 0 saturated carbocycles. The number of hydrogen-bond donors (Lipinski definition) is 0. The summed E-state index contributed by atoms with van der Waals surface area (Å²) in [6.45, 7) is 3.56. The molecule has 0 N–H and O–H groups in total. The molecule has 3 heteroatoms. The Kier molecular flexibility index (Phi) is 1.59. The molecular weight excluding hydrogens is 142 g/mol. The summed E-state index contributed by atoms with van der Waals surface area (Å²) in [6, 6.07) is 0. The molecule has 0 aromatic rings. The van der Waals surface area contributed by atoms with Crippen LogP contribution in [0.15, 0.2) is 0 Å². The van der Waals surface area contributed by atoms with Crippen LogP contribution in [0, 0.1) is 0 Å². The van der Waals surface area contributed by atoms with E-state index in [2.05, 4.69) is 4.90 Å². The van der Waals surface area contributed by atoms with Gasteiger partial charge in [-0.05, 0) is 19.3 Å². The van der Waals surface area contributed by atoms with E-state index in [1.54, 1.807) is 0 Å². The summed E-state index contributed by atoms with van der Waals surface area (Å²) in [4.78, 5) is 2.47. The maximum absolute atomic E-state index is 5.78. The minimum absolute atomic E-state index is 0.262. The molecule has 2 nitrogen and oxygen atoms in total. The zero-order valence-corrected chi connectivity index (χ0v) is 8.60. The van der Waals surface area contributed by atoms with Gasteiger partial charge in [0, 0.05) is 19.7 Å². The highest BCUT2D eigenvalue weighted by Crippen LogP contribution is 2.29. The van der Waals surface area contributed by atoms with Crippen molar-refractivity contribution in [3.05, 3.63) is 0 Å². The zero-order chi connectivity index (χ0) is 7.03. The van der Waals surface area contributed by atoms with Crippen LogP contribution in [0.25, 0.3) is 0 Å². The summed E-state index contributed by atoms with van der Waals surface area (Å²) in [5.74, 6) is 0. The highest BCUT2D eigenvalue weighted by molar-refractivity contribution is 6.14. The van der Waals surface area contributed by atoms with E-state index >= 15 is 0 Å². The van der Waals surface area contributed by atoms with Gasteiger partial charge in [0.15, 0.2) is 0 Å². The largest absolute Gasteiger partial charge is 0.365 e. The smallest absolute Gasteiger partial charge is 0.0971 e. The first-order chi connectivity index (χ1) is 4.81. The van der Waals surface area contributed by atoms with Crippen LogP contribution in [0.5, 0.6) is 0 Å². The van der Waals surface area contributed by atoms with Crippen molar-refractivity contribution in [2.24, 2.45) is 0 Å². The first kappa shape index (κ1) is 6.82. The Morgan fingerprint density at radius 3 is 2.60 bits per heavy atom. The standard InChI is InChI=1S/C7H15NOSi/c10-7(8-4-5-8)3-1-2-6-9-7/h1-6H2,10H3. The second-order valence-electron chi connectivity index (χ2n) is 3.47. The summed E-state index contributed by atoms with van der Waals surface area (Å²) in [5, 5.41) is 0.262. The Hall–Kier alpha value is 0.137. The number of rotatable bonds is 1. The van der Waals surface area contributed by atoms with Gasteiger partial charge in [-0.1, -0.05) is 0 Å². The fourth-order valence-corrected chi connectivity index (χ4v) is 2.70. The van der Waals surface area contributed by atoms with Crippen molar-refractivity contribution < 1.29 is 4.74 Å². The molecule has 2 rings (SSSR count). The van der Waals surface area contributed by atoms with E-state index in [-0.39, 0.29) is 5.35 Å². The Bertz CT molecular complexity index is 130. The second-order valence-corrected chi connectivity index (χ2v) is 5.03. The second kappa shape index (κ2) is 2.32. The van der Waals surface area contributed by atoms with Gasteiger partial charge in [0.1, 0.15) is 0 Å². The number of hydrogen-bond acceptors (Lipinski definition) is 2. The topological polar surface area (TPSA) is 12.2 Å². The average Bonchev–Trinajstić information content (AvgIpc) is 2.69. The molecule has 2 aliphatic heterocycles. The Balaban J connectivity index is 1.97. The van der Waals surface area contributed by atoms with Crippen LogP contribution in [0.3, 0.4) is 0 Å². The highest BCUT2D eigenvalue weighted by atomic mass is 28.1. The lowest BCUT2D eigenvalue weighted by Gasteiger charge is -2.35. The molecule has 0 radical (unpaired) electrons. The highest BCUT2D eigenvalue weighted by Gasteiger charge is 2.39. The molecule has 0 aromatic carbocycles. The normalized spacial score (nSPS) is 42.0. The van der Waals surface area contributed by atoms with Gasteiger partial charge in [-0.15, -0.1) is 0 Å². The first-order valence-corrected chi connectivity index (χ1v) is 5.20. The van der Waals surface area contributed by atoms with Crippen molar-refractivity contribution in [2.45, 2.75) is 24.6 Å². The molecule has 0 spiro atoms. The molecule has 0 bridgehead atoms. The Morgan fingerprint density at radius 2 is 2.10 bits per heavy atom. The molecule has 1 unspecified atom stereocenters. The number of nitrogens with zero attached hydrogens (tertiary/aromatic N) is 1. The van der Waals surface area contributed by atoms with Crippen LogP contribution < -0.4 is 0 Å². The quantitative estimate of drug-likeness (QED) is 0.376. The van der Waals surface area contributed by atoms with E-state index in [1.165, 1.54) is 42.6 Å². The fraction of sp³-hybridized carbons (Fsp3) is 1.00. The van der Waals surface area contributed by atoms with Crippen molar-refractivity contribution in [3.8, 4) is 0 Å². The van der Waals surface area contributed by atoms with Crippen LogP contribution in [-0.2, 0) is 4.74 Å². The summed E-state index contributed by atoms with van der Waals surface area (Å²) in [5.41, 5.74) is 0. The van der Waals surface area contributed by atoms with Gasteiger partial charge in [0.05, 0.1) is 15.6 Å². The molecule has 0 aromatic heterocycles. The average molecular weight is 157 g/mol. The summed E-state index contributed by atoms with van der Waals surface area (Å²) >= 11 is 0. The van der Waals surface area contributed by atoms with Crippen molar-refractivity contribution >= 4 is 10.2 Å². The summed E-state index contributed by atoms with van der Waals surface area (Å²) < 4.78 is 5.78. The lowest BCUT2D eigenvalue weighted by atomic mass is 10.2. The van der Waals surface area contributed by atoms with Gasteiger partial charge in [-0.2, -0.15) is 0 Å². The van der Waals surface area contributed by atoms with E-state index in [1.807, 2.05) is 0 Å². The third-order valence-electron chi connectivity index (χ3n) is 2.56. The van der Waals surface area contributed by atoms with Crippen LogP contribution >= 0.6 is 0 Å². The van der Waals surface area contributed by atoms with Gasteiger partial charge < -0.3 is 4.74 Å². The zero-order valence-electron chi connectivity index (χ0n) is 6.60. The molecule has 0 aliphatic carbocycles. The molecular formula is C7H15NOSi. The molecule has 2 aliphatic rings. The van der Waals surface area contributed by atoms with E-state index in [0.717, 1.165) is 6.61 Å².